The van der Waals surface area contributed by atoms with E-state index in [9.17, 15) is 0 Å². The minimum atomic E-state index is 1.02. The summed E-state index contributed by atoms with van der Waals surface area (Å²) >= 11 is 0. The van der Waals surface area contributed by atoms with Crippen molar-refractivity contribution in [2.75, 3.05) is 0 Å². The zero-order chi connectivity index (χ0) is 12.8. The van der Waals surface area contributed by atoms with Gasteiger partial charge in [0.1, 0.15) is 0 Å². The van der Waals surface area contributed by atoms with Gasteiger partial charge in [-0.1, -0.05) is 65.2 Å². The van der Waals surface area contributed by atoms with Crippen LogP contribution in [0.15, 0.2) is 0 Å². The van der Waals surface area contributed by atoms with Crippen LogP contribution >= 0.6 is 0 Å². The van der Waals surface area contributed by atoms with E-state index in [2.05, 4.69) is 13.8 Å². The number of rotatable bonds is 5. The lowest BCUT2D eigenvalue weighted by molar-refractivity contribution is 0.146. The largest absolute Gasteiger partial charge is 0.0654 e. The molecule has 0 radical (unpaired) electrons. The smallest absolute Gasteiger partial charge is 0.0386 e. The molecular formula is C18H34. The molecule has 0 bridgehead atoms. The molecule has 2 aliphatic rings. The van der Waals surface area contributed by atoms with Crippen LogP contribution in [0.1, 0.15) is 90.9 Å². The first kappa shape index (κ1) is 14.4. The Kier molecular flexibility index (Phi) is 6.05. The Bertz CT molecular complexity index is 204. The van der Waals surface area contributed by atoms with Crippen molar-refractivity contribution < 1.29 is 0 Å². The molecule has 2 saturated carbocycles. The van der Waals surface area contributed by atoms with Gasteiger partial charge in [-0.15, -0.1) is 0 Å². The summed E-state index contributed by atoms with van der Waals surface area (Å²) in [6, 6.07) is 0. The minimum Gasteiger partial charge on any atom is -0.0654 e. The highest BCUT2D eigenvalue weighted by Crippen LogP contribution is 2.42. The first-order chi connectivity index (χ1) is 8.79. The first-order valence-corrected chi connectivity index (χ1v) is 8.79. The standard InChI is InChI=1S/C18H34/c1-3-4-5-6-16-9-13-18(14-10-16)17-11-7-15(2)8-12-17/h15-18H,3-14H2,1-2H3/t15-,16-,17-,18-. The van der Waals surface area contributed by atoms with Crippen molar-refractivity contribution in [3.63, 3.8) is 0 Å². The van der Waals surface area contributed by atoms with Crippen molar-refractivity contribution >= 4 is 0 Å². The maximum atomic E-state index is 2.45. The van der Waals surface area contributed by atoms with Gasteiger partial charge in [0.05, 0.1) is 0 Å². The zero-order valence-corrected chi connectivity index (χ0v) is 12.8. The average Bonchev–Trinajstić information content (AvgIpc) is 2.41. The monoisotopic (exact) mass is 250 g/mol. The second-order valence-electron chi connectivity index (χ2n) is 7.30. The van der Waals surface area contributed by atoms with Gasteiger partial charge in [0.2, 0.25) is 0 Å². The highest BCUT2D eigenvalue weighted by atomic mass is 14.3. The molecule has 0 saturated heterocycles. The van der Waals surface area contributed by atoms with Crippen LogP contribution in [-0.4, -0.2) is 0 Å². The first-order valence-electron chi connectivity index (χ1n) is 8.79. The van der Waals surface area contributed by atoms with E-state index in [1.165, 1.54) is 38.5 Å². The molecular weight excluding hydrogens is 216 g/mol. The fourth-order valence-corrected chi connectivity index (χ4v) is 4.39. The van der Waals surface area contributed by atoms with Crippen molar-refractivity contribution in [1.29, 1.82) is 0 Å². The molecule has 0 nitrogen and oxygen atoms in total. The van der Waals surface area contributed by atoms with E-state index in [4.69, 9.17) is 0 Å². The normalized spacial score (nSPS) is 37.7. The lowest BCUT2D eigenvalue weighted by Crippen LogP contribution is -2.25. The fourth-order valence-electron chi connectivity index (χ4n) is 4.39. The van der Waals surface area contributed by atoms with Gasteiger partial charge < -0.3 is 0 Å². The van der Waals surface area contributed by atoms with E-state index in [-0.39, 0.29) is 0 Å². The van der Waals surface area contributed by atoms with Gasteiger partial charge in [-0.25, -0.2) is 0 Å². The third kappa shape index (κ3) is 4.28. The third-order valence-corrected chi connectivity index (χ3v) is 5.83. The Morgan fingerprint density at radius 1 is 0.722 bits per heavy atom. The molecule has 0 heteroatoms. The highest BCUT2D eigenvalue weighted by molar-refractivity contribution is 4.81. The molecule has 0 amide bonds. The van der Waals surface area contributed by atoms with Crippen molar-refractivity contribution in [1.82, 2.24) is 0 Å². The second-order valence-corrected chi connectivity index (χ2v) is 7.30. The van der Waals surface area contributed by atoms with E-state index < -0.39 is 0 Å². The van der Waals surface area contributed by atoms with Crippen LogP contribution in [0.4, 0.5) is 0 Å². The molecule has 0 spiro atoms. The van der Waals surface area contributed by atoms with E-state index >= 15 is 0 Å². The Morgan fingerprint density at radius 2 is 1.28 bits per heavy atom. The van der Waals surface area contributed by atoms with E-state index in [0.29, 0.717) is 0 Å². The summed E-state index contributed by atoms with van der Waals surface area (Å²) in [5, 5.41) is 0. The molecule has 0 aromatic carbocycles. The van der Waals surface area contributed by atoms with Crippen LogP contribution in [-0.2, 0) is 0 Å². The van der Waals surface area contributed by atoms with Crippen LogP contribution < -0.4 is 0 Å². The lowest BCUT2D eigenvalue weighted by atomic mass is 9.69. The fraction of sp³-hybridized carbons (Fsp3) is 1.00. The summed E-state index contributed by atoms with van der Waals surface area (Å²) in [5.41, 5.74) is 0. The molecule has 0 atom stereocenters. The predicted octanol–water partition coefficient (Wildman–Crippen LogP) is 6.20. The van der Waals surface area contributed by atoms with Gasteiger partial charge >= 0.3 is 0 Å². The molecule has 0 aliphatic heterocycles. The van der Waals surface area contributed by atoms with Crippen molar-refractivity contribution in [3.8, 4) is 0 Å². The number of hydrogen-bond acceptors (Lipinski definition) is 0. The van der Waals surface area contributed by atoms with Crippen LogP contribution in [0.2, 0.25) is 0 Å². The summed E-state index contributed by atoms with van der Waals surface area (Å²) in [5.74, 6) is 4.33. The minimum absolute atomic E-state index is 1.02. The third-order valence-electron chi connectivity index (χ3n) is 5.83. The quantitative estimate of drug-likeness (QED) is 0.510. The average molecular weight is 250 g/mol. The van der Waals surface area contributed by atoms with Gasteiger partial charge in [-0.3, -0.25) is 0 Å². The van der Waals surface area contributed by atoms with Crippen LogP contribution in [0.25, 0.3) is 0 Å². The number of unbranched alkanes of at least 4 members (excludes halogenated alkanes) is 2. The van der Waals surface area contributed by atoms with Crippen LogP contribution in [0.3, 0.4) is 0 Å². The summed E-state index contributed by atoms with van der Waals surface area (Å²) < 4.78 is 0. The summed E-state index contributed by atoms with van der Waals surface area (Å²) in [6.45, 7) is 4.77. The van der Waals surface area contributed by atoms with Crippen LogP contribution in [0, 0.1) is 23.7 Å². The molecule has 0 N–H and O–H groups in total. The molecule has 0 heterocycles. The van der Waals surface area contributed by atoms with E-state index in [1.807, 2.05) is 0 Å². The van der Waals surface area contributed by atoms with Crippen molar-refractivity contribution in [3.05, 3.63) is 0 Å². The summed E-state index contributed by atoms with van der Waals surface area (Å²) in [7, 11) is 0. The van der Waals surface area contributed by atoms with Gasteiger partial charge in [0, 0.05) is 0 Å². The molecule has 2 fully saturated rings. The van der Waals surface area contributed by atoms with Gasteiger partial charge in [0.15, 0.2) is 0 Å². The molecule has 2 aliphatic carbocycles. The van der Waals surface area contributed by atoms with E-state index in [1.54, 1.807) is 38.5 Å². The highest BCUT2D eigenvalue weighted by Gasteiger charge is 2.29. The Labute approximate surface area is 115 Å². The Balaban J connectivity index is 1.63. The maximum absolute atomic E-state index is 2.45. The molecule has 2 rings (SSSR count). The van der Waals surface area contributed by atoms with Crippen molar-refractivity contribution in [2.45, 2.75) is 90.9 Å². The SMILES string of the molecule is CCCCC[C@H]1CC[C@H]([C@H]2CC[C@H](C)CC2)CC1. The van der Waals surface area contributed by atoms with Gasteiger partial charge in [0.25, 0.3) is 0 Å². The molecule has 0 aromatic rings. The molecule has 0 unspecified atom stereocenters. The Hall–Kier alpha value is 0. The molecule has 18 heavy (non-hydrogen) atoms. The molecule has 0 aromatic heterocycles. The number of hydrogen-bond donors (Lipinski definition) is 0. The van der Waals surface area contributed by atoms with Crippen molar-refractivity contribution in [2.24, 2.45) is 23.7 Å². The van der Waals surface area contributed by atoms with Crippen LogP contribution in [0.5, 0.6) is 0 Å². The maximum Gasteiger partial charge on any atom is -0.0386 e. The lowest BCUT2D eigenvalue weighted by Gasteiger charge is -2.37. The van der Waals surface area contributed by atoms with E-state index in [0.717, 1.165) is 23.7 Å². The predicted molar refractivity (Wildman–Crippen MR) is 80.7 cm³/mol. The summed E-state index contributed by atoms with van der Waals surface area (Å²) in [6.07, 6.45) is 18.2. The van der Waals surface area contributed by atoms with Gasteiger partial charge in [-0.05, 0) is 49.4 Å². The molecule has 106 valence electrons. The zero-order valence-electron chi connectivity index (χ0n) is 12.8. The topological polar surface area (TPSA) is 0 Å². The second kappa shape index (κ2) is 7.56. The van der Waals surface area contributed by atoms with Gasteiger partial charge in [-0.2, -0.15) is 0 Å². The Morgan fingerprint density at radius 3 is 1.83 bits per heavy atom. The summed E-state index contributed by atoms with van der Waals surface area (Å²) in [4.78, 5) is 0.